The maximum absolute atomic E-state index is 4.04. The van der Waals surface area contributed by atoms with E-state index in [0.29, 0.717) is 6.04 Å². The molecule has 2 heterocycles. The van der Waals surface area contributed by atoms with Gasteiger partial charge < -0.3 is 0 Å². The van der Waals surface area contributed by atoms with E-state index in [-0.39, 0.29) is 0 Å². The number of likely N-dealkylation sites (tertiary alicyclic amines) is 1. The minimum absolute atomic E-state index is 0.561. The molecule has 0 bridgehead atoms. The van der Waals surface area contributed by atoms with Gasteiger partial charge in [-0.05, 0) is 50.6 Å². The number of pyridine rings is 1. The maximum atomic E-state index is 4.04. The van der Waals surface area contributed by atoms with E-state index in [4.69, 9.17) is 0 Å². The van der Waals surface area contributed by atoms with Crippen LogP contribution in [0.2, 0.25) is 0 Å². The average Bonchev–Trinajstić information content (AvgIpc) is 2.71. The first-order valence-corrected chi connectivity index (χ1v) is 5.02. The molecule has 2 rings (SSSR count). The number of rotatable bonds is 2. The second kappa shape index (κ2) is 3.88. The monoisotopic (exact) mass is 176 g/mol. The van der Waals surface area contributed by atoms with E-state index in [1.54, 1.807) is 0 Å². The van der Waals surface area contributed by atoms with Crippen LogP contribution in [-0.2, 0) is 0 Å². The second-order valence-corrected chi connectivity index (χ2v) is 3.70. The first-order chi connectivity index (χ1) is 6.38. The van der Waals surface area contributed by atoms with Crippen LogP contribution < -0.4 is 0 Å². The smallest absolute Gasteiger partial charge is 0.0320 e. The van der Waals surface area contributed by atoms with E-state index in [0.717, 1.165) is 0 Å². The molecule has 1 fully saturated rings. The summed E-state index contributed by atoms with van der Waals surface area (Å²) in [5.74, 6) is 0. The number of aromatic nitrogens is 1. The Bertz CT molecular complexity index is 252. The van der Waals surface area contributed by atoms with Crippen molar-refractivity contribution in [3.63, 3.8) is 0 Å². The Kier molecular flexibility index (Phi) is 2.60. The van der Waals surface area contributed by atoms with Crippen molar-refractivity contribution in [3.8, 4) is 0 Å². The van der Waals surface area contributed by atoms with Gasteiger partial charge in [0.1, 0.15) is 0 Å². The SMILES string of the molecule is C[C@@H](c1ccncc1)N1CCCC1. The molecule has 1 aliphatic rings. The van der Waals surface area contributed by atoms with Gasteiger partial charge in [0.2, 0.25) is 0 Å². The Morgan fingerprint density at radius 2 is 1.85 bits per heavy atom. The lowest BCUT2D eigenvalue weighted by Gasteiger charge is -2.23. The van der Waals surface area contributed by atoms with Gasteiger partial charge in [-0.15, -0.1) is 0 Å². The molecule has 1 saturated heterocycles. The summed E-state index contributed by atoms with van der Waals surface area (Å²) in [5, 5.41) is 0. The van der Waals surface area contributed by atoms with Gasteiger partial charge >= 0.3 is 0 Å². The standard InChI is InChI=1S/C11H16N2/c1-10(13-8-2-3-9-13)11-4-6-12-7-5-11/h4-7,10H,2-3,8-9H2,1H3/t10-/m0/s1. The molecule has 70 valence electrons. The van der Waals surface area contributed by atoms with Crippen molar-refractivity contribution in [2.45, 2.75) is 25.8 Å². The van der Waals surface area contributed by atoms with Crippen LogP contribution in [0.3, 0.4) is 0 Å². The molecule has 0 saturated carbocycles. The molecule has 13 heavy (non-hydrogen) atoms. The summed E-state index contributed by atoms with van der Waals surface area (Å²) in [6, 6.07) is 4.79. The van der Waals surface area contributed by atoms with Crippen molar-refractivity contribution in [1.29, 1.82) is 0 Å². The Morgan fingerprint density at radius 3 is 2.46 bits per heavy atom. The molecule has 0 N–H and O–H groups in total. The van der Waals surface area contributed by atoms with E-state index in [2.05, 4.69) is 28.9 Å². The number of hydrogen-bond donors (Lipinski definition) is 0. The Labute approximate surface area is 79.6 Å². The van der Waals surface area contributed by atoms with E-state index < -0.39 is 0 Å². The first kappa shape index (κ1) is 8.70. The molecule has 1 aliphatic heterocycles. The van der Waals surface area contributed by atoms with Crippen LogP contribution in [-0.4, -0.2) is 23.0 Å². The molecule has 0 aromatic carbocycles. The zero-order valence-corrected chi connectivity index (χ0v) is 8.11. The molecule has 1 aromatic rings. The molecule has 0 radical (unpaired) electrons. The van der Waals surface area contributed by atoms with Crippen LogP contribution >= 0.6 is 0 Å². The van der Waals surface area contributed by atoms with Crippen LogP contribution in [0.15, 0.2) is 24.5 Å². The lowest BCUT2D eigenvalue weighted by atomic mass is 10.1. The highest BCUT2D eigenvalue weighted by Crippen LogP contribution is 2.23. The third-order valence-electron chi connectivity index (χ3n) is 2.88. The fourth-order valence-corrected chi connectivity index (χ4v) is 1.98. The summed E-state index contributed by atoms with van der Waals surface area (Å²) >= 11 is 0. The van der Waals surface area contributed by atoms with Gasteiger partial charge in [-0.2, -0.15) is 0 Å². The maximum Gasteiger partial charge on any atom is 0.0320 e. The van der Waals surface area contributed by atoms with E-state index in [1.165, 1.54) is 31.5 Å². The topological polar surface area (TPSA) is 16.1 Å². The summed E-state index contributed by atoms with van der Waals surface area (Å²) in [6.45, 7) is 4.79. The fraction of sp³-hybridized carbons (Fsp3) is 0.545. The van der Waals surface area contributed by atoms with Crippen molar-refractivity contribution in [3.05, 3.63) is 30.1 Å². The predicted molar refractivity (Wildman–Crippen MR) is 53.5 cm³/mol. The summed E-state index contributed by atoms with van der Waals surface area (Å²) in [6.07, 6.45) is 6.47. The average molecular weight is 176 g/mol. The zero-order chi connectivity index (χ0) is 9.10. The lowest BCUT2D eigenvalue weighted by Crippen LogP contribution is -2.23. The number of nitrogens with zero attached hydrogens (tertiary/aromatic N) is 2. The Morgan fingerprint density at radius 1 is 1.23 bits per heavy atom. The summed E-state index contributed by atoms with van der Waals surface area (Å²) in [4.78, 5) is 6.57. The third kappa shape index (κ3) is 1.89. The van der Waals surface area contributed by atoms with Crippen molar-refractivity contribution in [2.75, 3.05) is 13.1 Å². The largest absolute Gasteiger partial charge is 0.297 e. The van der Waals surface area contributed by atoms with Crippen LogP contribution in [0.25, 0.3) is 0 Å². The number of hydrogen-bond acceptors (Lipinski definition) is 2. The van der Waals surface area contributed by atoms with Gasteiger partial charge in [0, 0.05) is 18.4 Å². The lowest BCUT2D eigenvalue weighted by molar-refractivity contribution is 0.263. The van der Waals surface area contributed by atoms with E-state index in [1.807, 2.05) is 12.4 Å². The van der Waals surface area contributed by atoms with E-state index >= 15 is 0 Å². The Hall–Kier alpha value is -0.890. The minimum atomic E-state index is 0.561. The van der Waals surface area contributed by atoms with Crippen LogP contribution in [0, 0.1) is 0 Å². The molecule has 0 amide bonds. The fourth-order valence-electron chi connectivity index (χ4n) is 1.98. The normalized spacial score (nSPS) is 20.4. The molecule has 2 heteroatoms. The van der Waals surface area contributed by atoms with Crippen molar-refractivity contribution in [1.82, 2.24) is 9.88 Å². The quantitative estimate of drug-likeness (QED) is 0.687. The molecule has 0 spiro atoms. The van der Waals surface area contributed by atoms with Crippen LogP contribution in [0.5, 0.6) is 0 Å². The third-order valence-corrected chi connectivity index (χ3v) is 2.88. The Balaban J connectivity index is 2.08. The summed E-state index contributed by atoms with van der Waals surface area (Å²) in [7, 11) is 0. The first-order valence-electron chi connectivity index (χ1n) is 5.02. The van der Waals surface area contributed by atoms with Crippen LogP contribution in [0.1, 0.15) is 31.4 Å². The molecular formula is C11H16N2. The highest BCUT2D eigenvalue weighted by Gasteiger charge is 2.18. The van der Waals surface area contributed by atoms with Crippen molar-refractivity contribution >= 4 is 0 Å². The minimum Gasteiger partial charge on any atom is -0.297 e. The summed E-state index contributed by atoms with van der Waals surface area (Å²) in [5.41, 5.74) is 1.39. The van der Waals surface area contributed by atoms with Gasteiger partial charge in [0.05, 0.1) is 0 Å². The van der Waals surface area contributed by atoms with Crippen molar-refractivity contribution in [2.24, 2.45) is 0 Å². The van der Waals surface area contributed by atoms with Gasteiger partial charge in [-0.1, -0.05) is 0 Å². The molecular weight excluding hydrogens is 160 g/mol. The van der Waals surface area contributed by atoms with Gasteiger partial charge in [-0.3, -0.25) is 9.88 Å². The summed E-state index contributed by atoms with van der Waals surface area (Å²) < 4.78 is 0. The highest BCUT2D eigenvalue weighted by atomic mass is 15.2. The zero-order valence-electron chi connectivity index (χ0n) is 8.11. The second-order valence-electron chi connectivity index (χ2n) is 3.70. The van der Waals surface area contributed by atoms with Gasteiger partial charge in [0.25, 0.3) is 0 Å². The van der Waals surface area contributed by atoms with E-state index in [9.17, 15) is 0 Å². The molecule has 0 unspecified atom stereocenters. The van der Waals surface area contributed by atoms with Gasteiger partial charge in [-0.25, -0.2) is 0 Å². The highest BCUT2D eigenvalue weighted by molar-refractivity contribution is 5.14. The molecule has 1 atom stereocenters. The van der Waals surface area contributed by atoms with Crippen LogP contribution in [0.4, 0.5) is 0 Å². The predicted octanol–water partition coefficient (Wildman–Crippen LogP) is 2.24. The molecule has 2 nitrogen and oxygen atoms in total. The molecule has 0 aliphatic carbocycles. The van der Waals surface area contributed by atoms with Gasteiger partial charge in [0.15, 0.2) is 0 Å². The molecule has 1 aromatic heterocycles. The van der Waals surface area contributed by atoms with Crippen molar-refractivity contribution < 1.29 is 0 Å².